The zero-order valence-corrected chi connectivity index (χ0v) is 16.5. The van der Waals surface area contributed by atoms with Crippen molar-refractivity contribution in [3.05, 3.63) is 82.0 Å². The second-order valence-corrected chi connectivity index (χ2v) is 8.28. The first kappa shape index (κ1) is 17.9. The highest BCUT2D eigenvalue weighted by atomic mass is 32.1. The van der Waals surface area contributed by atoms with Crippen LogP contribution < -0.4 is 0 Å². The Hall–Kier alpha value is -2.45. The Bertz CT molecular complexity index is 1080. The van der Waals surface area contributed by atoms with Gasteiger partial charge in [0, 0.05) is 11.3 Å². The molecule has 2 heteroatoms. The average Bonchev–Trinajstić information content (AvgIpc) is 3.20. The average molecular weight is 373 g/mol. The highest BCUT2D eigenvalue weighted by Crippen LogP contribution is 2.33. The standard InChI is InChI=1S/C18H16.C7H8OS/c1-3-7-15-13(5-1)9-11-18-16-8-4-2-6-14(16)10-12-17(15)18;1-6(8)5-7-3-2-4-9-7/h1,3,5,7,9-12H,2,4,6,8H2;2-4H,5H2,1H3. The van der Waals surface area contributed by atoms with Crippen LogP contribution in [0.2, 0.25) is 0 Å². The number of Topliss-reactive ketones (excluding diaryl/α,β-unsaturated/α-hetero) is 1. The number of carbonyl (C=O) groups excluding carboxylic acids is 1. The first-order valence-electron chi connectivity index (χ1n) is 9.66. The van der Waals surface area contributed by atoms with Crippen molar-refractivity contribution in [3.63, 3.8) is 0 Å². The summed E-state index contributed by atoms with van der Waals surface area (Å²) in [5.41, 5.74) is 3.17. The van der Waals surface area contributed by atoms with Crippen molar-refractivity contribution in [2.75, 3.05) is 0 Å². The first-order chi connectivity index (χ1) is 13.2. The van der Waals surface area contributed by atoms with Gasteiger partial charge in [-0.2, -0.15) is 0 Å². The number of hydrogen-bond acceptors (Lipinski definition) is 2. The van der Waals surface area contributed by atoms with Crippen molar-refractivity contribution >= 4 is 38.7 Å². The van der Waals surface area contributed by atoms with Gasteiger partial charge in [0.2, 0.25) is 0 Å². The minimum atomic E-state index is 0.234. The molecule has 1 aromatic heterocycles. The molecule has 0 atom stereocenters. The lowest BCUT2D eigenvalue weighted by Crippen LogP contribution is -2.02. The fraction of sp³-hybridized carbons (Fsp3) is 0.240. The van der Waals surface area contributed by atoms with E-state index in [1.807, 2.05) is 17.5 Å². The van der Waals surface area contributed by atoms with Crippen LogP contribution in [-0.2, 0) is 24.1 Å². The molecule has 0 unspecified atom stereocenters. The maximum atomic E-state index is 10.5. The van der Waals surface area contributed by atoms with Crippen molar-refractivity contribution in [2.45, 2.75) is 39.0 Å². The number of thiophene rings is 1. The van der Waals surface area contributed by atoms with E-state index in [1.54, 1.807) is 29.4 Å². The lowest BCUT2D eigenvalue weighted by atomic mass is 9.86. The van der Waals surface area contributed by atoms with E-state index >= 15 is 0 Å². The third-order valence-corrected chi connectivity index (χ3v) is 6.14. The summed E-state index contributed by atoms with van der Waals surface area (Å²) in [7, 11) is 0. The van der Waals surface area contributed by atoms with E-state index in [2.05, 4.69) is 48.5 Å². The summed E-state index contributed by atoms with van der Waals surface area (Å²) in [5, 5.41) is 7.63. The Labute approximate surface area is 164 Å². The van der Waals surface area contributed by atoms with Gasteiger partial charge in [-0.3, -0.25) is 4.79 Å². The molecule has 0 N–H and O–H groups in total. The molecule has 0 fully saturated rings. The number of aryl methyl sites for hydroxylation is 2. The van der Waals surface area contributed by atoms with Gasteiger partial charge in [-0.1, -0.05) is 54.6 Å². The molecule has 0 spiro atoms. The topological polar surface area (TPSA) is 17.1 Å². The minimum absolute atomic E-state index is 0.234. The van der Waals surface area contributed by atoms with Gasteiger partial charge in [0.25, 0.3) is 0 Å². The molecule has 0 aliphatic heterocycles. The predicted molar refractivity (Wildman–Crippen MR) is 117 cm³/mol. The molecule has 1 nitrogen and oxygen atoms in total. The van der Waals surface area contributed by atoms with E-state index in [0.717, 1.165) is 4.88 Å². The Morgan fingerprint density at radius 3 is 2.48 bits per heavy atom. The number of rotatable bonds is 2. The van der Waals surface area contributed by atoms with Crippen LogP contribution in [0.4, 0.5) is 0 Å². The van der Waals surface area contributed by atoms with Crippen LogP contribution in [0.5, 0.6) is 0 Å². The van der Waals surface area contributed by atoms with Crippen LogP contribution in [0.15, 0.2) is 66.0 Å². The van der Waals surface area contributed by atoms with Gasteiger partial charge in [0.15, 0.2) is 0 Å². The summed E-state index contributed by atoms with van der Waals surface area (Å²) in [6.07, 6.45) is 5.81. The molecule has 4 aromatic rings. The van der Waals surface area contributed by atoms with Crippen molar-refractivity contribution in [1.29, 1.82) is 0 Å². The molecule has 0 saturated carbocycles. The second kappa shape index (κ2) is 8.06. The Morgan fingerprint density at radius 1 is 0.852 bits per heavy atom. The molecular weight excluding hydrogens is 348 g/mol. The summed E-state index contributed by atoms with van der Waals surface area (Å²) in [4.78, 5) is 11.7. The van der Waals surface area contributed by atoms with E-state index in [1.165, 1.54) is 47.2 Å². The summed E-state index contributed by atoms with van der Waals surface area (Å²) in [6.45, 7) is 1.61. The molecular formula is C25H24OS. The Balaban J connectivity index is 0.000000170. The third kappa shape index (κ3) is 3.96. The van der Waals surface area contributed by atoms with Crippen LogP contribution in [0.3, 0.4) is 0 Å². The number of hydrogen-bond donors (Lipinski definition) is 0. The summed E-state index contributed by atoms with van der Waals surface area (Å²) in [5.74, 6) is 0.234. The molecule has 5 rings (SSSR count). The molecule has 136 valence electrons. The summed E-state index contributed by atoms with van der Waals surface area (Å²) in [6, 6.07) is 21.9. The molecule has 1 aliphatic carbocycles. The predicted octanol–water partition coefficient (Wildman–Crippen LogP) is 6.75. The van der Waals surface area contributed by atoms with Crippen molar-refractivity contribution < 1.29 is 4.79 Å². The van der Waals surface area contributed by atoms with Crippen molar-refractivity contribution in [1.82, 2.24) is 0 Å². The third-order valence-electron chi connectivity index (χ3n) is 5.26. The lowest BCUT2D eigenvalue weighted by Gasteiger charge is -2.18. The maximum absolute atomic E-state index is 10.5. The van der Waals surface area contributed by atoms with Gasteiger partial charge < -0.3 is 0 Å². The highest BCUT2D eigenvalue weighted by Gasteiger charge is 2.13. The monoisotopic (exact) mass is 372 g/mol. The van der Waals surface area contributed by atoms with Gasteiger partial charge in [0.1, 0.15) is 5.78 Å². The number of ketones is 1. The smallest absolute Gasteiger partial charge is 0.135 e. The van der Waals surface area contributed by atoms with Crippen molar-refractivity contribution in [2.24, 2.45) is 0 Å². The van der Waals surface area contributed by atoms with E-state index in [-0.39, 0.29) is 5.78 Å². The van der Waals surface area contributed by atoms with Crippen LogP contribution in [0, 0.1) is 0 Å². The van der Waals surface area contributed by atoms with Gasteiger partial charge in [-0.05, 0) is 76.7 Å². The fourth-order valence-electron chi connectivity index (χ4n) is 4.00. The van der Waals surface area contributed by atoms with Gasteiger partial charge in [0.05, 0.1) is 0 Å². The number of carbonyl (C=O) groups is 1. The summed E-state index contributed by atoms with van der Waals surface area (Å²) >= 11 is 1.63. The maximum Gasteiger partial charge on any atom is 0.135 e. The number of fused-ring (bicyclic) bond motifs is 5. The van der Waals surface area contributed by atoms with Gasteiger partial charge >= 0.3 is 0 Å². The molecule has 3 aromatic carbocycles. The van der Waals surface area contributed by atoms with Crippen LogP contribution in [-0.4, -0.2) is 5.78 Å². The van der Waals surface area contributed by atoms with E-state index in [4.69, 9.17) is 0 Å². The lowest BCUT2D eigenvalue weighted by molar-refractivity contribution is -0.116. The number of benzene rings is 3. The van der Waals surface area contributed by atoms with Crippen LogP contribution in [0.1, 0.15) is 35.8 Å². The fourth-order valence-corrected chi connectivity index (χ4v) is 4.78. The zero-order chi connectivity index (χ0) is 18.6. The van der Waals surface area contributed by atoms with Gasteiger partial charge in [-0.25, -0.2) is 0 Å². The van der Waals surface area contributed by atoms with E-state index < -0.39 is 0 Å². The molecule has 0 saturated heterocycles. The zero-order valence-electron chi connectivity index (χ0n) is 15.7. The quantitative estimate of drug-likeness (QED) is 0.356. The Morgan fingerprint density at radius 2 is 1.67 bits per heavy atom. The summed E-state index contributed by atoms with van der Waals surface area (Å²) < 4.78 is 0. The normalized spacial score (nSPS) is 13.1. The van der Waals surface area contributed by atoms with Crippen LogP contribution in [0.25, 0.3) is 21.5 Å². The van der Waals surface area contributed by atoms with Gasteiger partial charge in [-0.15, -0.1) is 11.3 Å². The largest absolute Gasteiger partial charge is 0.300 e. The first-order valence-corrected chi connectivity index (χ1v) is 10.5. The van der Waals surface area contributed by atoms with Crippen LogP contribution >= 0.6 is 11.3 Å². The van der Waals surface area contributed by atoms with Crippen molar-refractivity contribution in [3.8, 4) is 0 Å². The molecule has 27 heavy (non-hydrogen) atoms. The molecule has 0 amide bonds. The molecule has 0 radical (unpaired) electrons. The highest BCUT2D eigenvalue weighted by molar-refractivity contribution is 7.10. The molecule has 1 heterocycles. The molecule has 0 bridgehead atoms. The van der Waals surface area contributed by atoms with E-state index in [9.17, 15) is 4.79 Å². The second-order valence-electron chi connectivity index (χ2n) is 7.25. The molecule has 1 aliphatic rings. The van der Waals surface area contributed by atoms with E-state index in [0.29, 0.717) is 6.42 Å². The Kier molecular flexibility index (Phi) is 5.35. The minimum Gasteiger partial charge on any atom is -0.300 e. The SMILES string of the molecule is CC(=O)Cc1cccs1.c1ccc2c(c1)ccc1c3c(ccc12)CCCC3.